The van der Waals surface area contributed by atoms with E-state index in [0.29, 0.717) is 13.1 Å². The largest absolute Gasteiger partial charge is 0.340 e. The van der Waals surface area contributed by atoms with Gasteiger partial charge in [0.2, 0.25) is 5.91 Å². The third-order valence-corrected chi connectivity index (χ3v) is 4.30. The Labute approximate surface area is 124 Å². The van der Waals surface area contributed by atoms with Crippen molar-refractivity contribution in [3.63, 3.8) is 0 Å². The maximum atomic E-state index is 12.3. The summed E-state index contributed by atoms with van der Waals surface area (Å²) in [7, 11) is 0. The molecule has 0 unspecified atom stereocenters. The Morgan fingerprint density at radius 3 is 2.35 bits per heavy atom. The molecule has 0 spiro atoms. The molecule has 2 rings (SSSR count). The molecule has 110 valence electrons. The summed E-state index contributed by atoms with van der Waals surface area (Å²) in [5.74, 6) is 0.257. The van der Waals surface area contributed by atoms with Crippen molar-refractivity contribution in [3.05, 3.63) is 22.4 Å². The lowest BCUT2D eigenvalue weighted by atomic mass is 9.94. The van der Waals surface area contributed by atoms with E-state index in [1.165, 1.54) is 11.3 Å². The topological polar surface area (TPSA) is 40.6 Å². The van der Waals surface area contributed by atoms with Crippen molar-refractivity contribution in [2.45, 2.75) is 27.2 Å². The molecule has 2 heterocycles. The third kappa shape index (κ3) is 3.39. The van der Waals surface area contributed by atoms with Crippen LogP contribution in [0.2, 0.25) is 0 Å². The van der Waals surface area contributed by atoms with Gasteiger partial charge in [0, 0.05) is 31.6 Å². The molecule has 5 heteroatoms. The molecule has 0 atom stereocenters. The minimum atomic E-state index is -0.354. The van der Waals surface area contributed by atoms with E-state index in [1.807, 2.05) is 48.1 Å². The van der Waals surface area contributed by atoms with Crippen molar-refractivity contribution in [2.24, 2.45) is 5.41 Å². The predicted molar refractivity (Wildman–Crippen MR) is 80.9 cm³/mol. The predicted octanol–water partition coefficient (Wildman–Crippen LogP) is 2.47. The van der Waals surface area contributed by atoms with Crippen molar-refractivity contribution in [1.82, 2.24) is 9.80 Å². The molecule has 1 fully saturated rings. The van der Waals surface area contributed by atoms with Crippen LogP contribution in [0.3, 0.4) is 0 Å². The molecule has 0 N–H and O–H groups in total. The molecule has 1 aromatic rings. The standard InChI is InChI=1S/C15H22N2O2S/c1-15(2,3)14(19)17-8-5-7-16(9-10-17)13(18)12-6-4-11-20-12/h4,6,11H,5,7-10H2,1-3H3. The van der Waals surface area contributed by atoms with Crippen molar-refractivity contribution in [2.75, 3.05) is 26.2 Å². The fraction of sp³-hybridized carbons (Fsp3) is 0.600. The molecule has 20 heavy (non-hydrogen) atoms. The second-order valence-corrected chi connectivity index (χ2v) is 7.11. The monoisotopic (exact) mass is 294 g/mol. The molecule has 0 bridgehead atoms. The fourth-order valence-corrected chi connectivity index (χ4v) is 3.04. The second kappa shape index (κ2) is 5.95. The van der Waals surface area contributed by atoms with E-state index in [-0.39, 0.29) is 17.2 Å². The van der Waals surface area contributed by atoms with E-state index in [1.54, 1.807) is 0 Å². The Morgan fingerprint density at radius 2 is 1.75 bits per heavy atom. The summed E-state index contributed by atoms with van der Waals surface area (Å²) in [5.41, 5.74) is -0.354. The van der Waals surface area contributed by atoms with E-state index in [4.69, 9.17) is 0 Å². The second-order valence-electron chi connectivity index (χ2n) is 6.17. The van der Waals surface area contributed by atoms with Crippen molar-refractivity contribution < 1.29 is 9.59 Å². The summed E-state index contributed by atoms with van der Waals surface area (Å²) in [6.07, 6.45) is 0.846. The number of carbonyl (C=O) groups excluding carboxylic acids is 2. The third-order valence-electron chi connectivity index (χ3n) is 3.44. The maximum Gasteiger partial charge on any atom is 0.263 e. The van der Waals surface area contributed by atoms with Crippen molar-refractivity contribution >= 4 is 23.2 Å². The zero-order chi connectivity index (χ0) is 14.8. The van der Waals surface area contributed by atoms with Gasteiger partial charge in [0.05, 0.1) is 4.88 Å². The highest BCUT2D eigenvalue weighted by molar-refractivity contribution is 7.12. The van der Waals surface area contributed by atoms with Crippen LogP contribution in [0.1, 0.15) is 36.9 Å². The summed E-state index contributed by atoms with van der Waals surface area (Å²) in [6.45, 7) is 8.54. The lowest BCUT2D eigenvalue weighted by Crippen LogP contribution is -2.42. The van der Waals surface area contributed by atoms with Gasteiger partial charge in [0.15, 0.2) is 0 Å². The highest BCUT2D eigenvalue weighted by Gasteiger charge is 2.29. The van der Waals surface area contributed by atoms with Crippen LogP contribution >= 0.6 is 11.3 Å². The van der Waals surface area contributed by atoms with Gasteiger partial charge in [-0.25, -0.2) is 0 Å². The van der Waals surface area contributed by atoms with Crippen LogP contribution in [0, 0.1) is 5.41 Å². The number of carbonyl (C=O) groups is 2. The summed E-state index contributed by atoms with van der Waals surface area (Å²) in [4.78, 5) is 29.2. The Kier molecular flexibility index (Phi) is 4.48. The molecule has 1 aliphatic heterocycles. The average Bonchev–Trinajstić information content (AvgIpc) is 2.80. The van der Waals surface area contributed by atoms with Crippen LogP contribution in [0.4, 0.5) is 0 Å². The van der Waals surface area contributed by atoms with Gasteiger partial charge in [-0.15, -0.1) is 11.3 Å². The first-order valence-electron chi connectivity index (χ1n) is 7.02. The molecule has 1 aromatic heterocycles. The zero-order valence-electron chi connectivity index (χ0n) is 12.4. The van der Waals surface area contributed by atoms with Crippen LogP contribution in [0.5, 0.6) is 0 Å². The van der Waals surface area contributed by atoms with E-state index in [9.17, 15) is 9.59 Å². The Bertz CT molecular complexity index is 477. The minimum Gasteiger partial charge on any atom is -0.340 e. The Hall–Kier alpha value is -1.36. The lowest BCUT2D eigenvalue weighted by molar-refractivity contribution is -0.139. The van der Waals surface area contributed by atoms with E-state index >= 15 is 0 Å². The molecule has 0 aliphatic carbocycles. The van der Waals surface area contributed by atoms with Crippen LogP contribution in [0.15, 0.2) is 17.5 Å². The van der Waals surface area contributed by atoms with Gasteiger partial charge in [0.1, 0.15) is 0 Å². The van der Waals surface area contributed by atoms with Gasteiger partial charge < -0.3 is 9.80 Å². The van der Waals surface area contributed by atoms with Gasteiger partial charge in [-0.1, -0.05) is 26.8 Å². The molecule has 0 aromatic carbocycles. The van der Waals surface area contributed by atoms with Gasteiger partial charge in [-0.05, 0) is 17.9 Å². The van der Waals surface area contributed by atoms with Crippen molar-refractivity contribution in [1.29, 1.82) is 0 Å². The summed E-state index contributed by atoms with van der Waals surface area (Å²) in [6, 6.07) is 3.75. The number of rotatable bonds is 1. The first-order chi connectivity index (χ1) is 9.39. The zero-order valence-corrected chi connectivity index (χ0v) is 13.2. The van der Waals surface area contributed by atoms with Crippen LogP contribution in [-0.2, 0) is 4.79 Å². The minimum absolute atomic E-state index is 0.0880. The molecular weight excluding hydrogens is 272 g/mol. The van der Waals surface area contributed by atoms with E-state index < -0.39 is 0 Å². The van der Waals surface area contributed by atoms with Gasteiger partial charge in [0.25, 0.3) is 5.91 Å². The smallest absolute Gasteiger partial charge is 0.263 e. The number of thiophene rings is 1. The molecule has 1 saturated heterocycles. The Morgan fingerprint density at radius 1 is 1.10 bits per heavy atom. The Balaban J connectivity index is 1.99. The van der Waals surface area contributed by atoms with Gasteiger partial charge in [-0.3, -0.25) is 9.59 Å². The first-order valence-corrected chi connectivity index (χ1v) is 7.90. The quantitative estimate of drug-likeness (QED) is 0.798. The molecular formula is C15H22N2O2S. The summed E-state index contributed by atoms with van der Waals surface area (Å²) < 4.78 is 0. The highest BCUT2D eigenvalue weighted by Crippen LogP contribution is 2.19. The van der Waals surface area contributed by atoms with Crippen molar-refractivity contribution in [3.8, 4) is 0 Å². The fourth-order valence-electron chi connectivity index (χ4n) is 2.35. The van der Waals surface area contributed by atoms with Crippen LogP contribution < -0.4 is 0 Å². The maximum absolute atomic E-state index is 12.3. The van der Waals surface area contributed by atoms with Crippen LogP contribution in [0.25, 0.3) is 0 Å². The number of amides is 2. The molecule has 4 nitrogen and oxygen atoms in total. The summed E-state index contributed by atoms with van der Waals surface area (Å²) >= 11 is 1.47. The van der Waals surface area contributed by atoms with E-state index in [2.05, 4.69) is 0 Å². The summed E-state index contributed by atoms with van der Waals surface area (Å²) in [5, 5.41) is 1.92. The van der Waals surface area contributed by atoms with E-state index in [0.717, 1.165) is 24.4 Å². The first kappa shape index (κ1) is 15.0. The normalized spacial score (nSPS) is 16.9. The molecule has 2 amide bonds. The molecule has 0 radical (unpaired) electrons. The lowest BCUT2D eigenvalue weighted by Gasteiger charge is -2.28. The highest BCUT2D eigenvalue weighted by atomic mass is 32.1. The molecule has 1 aliphatic rings. The number of hydrogen-bond donors (Lipinski definition) is 0. The average molecular weight is 294 g/mol. The number of nitrogens with zero attached hydrogens (tertiary/aromatic N) is 2. The SMILES string of the molecule is CC(C)(C)C(=O)N1CCCN(C(=O)c2cccs2)CC1. The van der Waals surface area contributed by atoms with Gasteiger partial charge in [-0.2, -0.15) is 0 Å². The molecule has 0 saturated carbocycles. The van der Waals surface area contributed by atoms with Gasteiger partial charge >= 0.3 is 0 Å². The number of hydrogen-bond acceptors (Lipinski definition) is 3. The van der Waals surface area contributed by atoms with Crippen LogP contribution in [-0.4, -0.2) is 47.8 Å².